The van der Waals surface area contributed by atoms with Gasteiger partial charge >= 0.3 is 0 Å². The van der Waals surface area contributed by atoms with E-state index in [4.69, 9.17) is 40.1 Å². The summed E-state index contributed by atoms with van der Waals surface area (Å²) in [6.45, 7) is 5.60. The molecular weight excluding hydrogens is 1330 g/mol. The second kappa shape index (κ2) is 43.0. The van der Waals surface area contributed by atoms with Gasteiger partial charge in [-0.25, -0.2) is 0 Å². The van der Waals surface area contributed by atoms with Crippen LogP contribution in [0.2, 0.25) is 0 Å². The van der Waals surface area contributed by atoms with Gasteiger partial charge in [-0.15, -0.1) is 0 Å². The number of para-hydroxylation sites is 2. The number of hydrogen-bond acceptors (Lipinski definition) is 16. The molecule has 564 valence electrons. The van der Waals surface area contributed by atoms with Crippen molar-refractivity contribution in [2.45, 2.75) is 190 Å². The van der Waals surface area contributed by atoms with Crippen LogP contribution >= 0.6 is 0 Å². The lowest BCUT2D eigenvalue weighted by atomic mass is 9.96. The Kier molecular flexibility index (Phi) is 34.2. The molecule has 6 rings (SSSR count). The molecule has 2 heterocycles. The molecule has 0 bridgehead atoms. The Morgan fingerprint density at radius 3 is 1.22 bits per heavy atom. The smallest absolute Gasteiger partial charge is 0.245 e. The van der Waals surface area contributed by atoms with Gasteiger partial charge in [0, 0.05) is 66.4 Å². The minimum absolute atomic E-state index is 0.00132. The third kappa shape index (κ3) is 26.2. The Labute approximate surface area is 606 Å². The van der Waals surface area contributed by atoms with Gasteiger partial charge in [0.15, 0.2) is 5.96 Å². The fourth-order valence-corrected chi connectivity index (χ4v) is 12.0. The predicted molar refractivity (Wildman–Crippen MR) is 399 cm³/mol. The number of aliphatic hydroxyl groups is 1. The minimum atomic E-state index is -1.72. The maximum atomic E-state index is 14.9. The molecule has 30 heteroatoms. The van der Waals surface area contributed by atoms with Gasteiger partial charge in [0.2, 0.25) is 59.1 Å². The van der Waals surface area contributed by atoms with Crippen LogP contribution in [-0.2, 0) is 73.6 Å². The van der Waals surface area contributed by atoms with E-state index in [0.717, 1.165) is 21.8 Å². The van der Waals surface area contributed by atoms with Crippen LogP contribution in [0.5, 0.6) is 0 Å². The number of guanidine groups is 1. The Morgan fingerprint density at radius 1 is 0.413 bits per heavy atom. The quantitative estimate of drug-likeness (QED) is 0.0135. The number of amides is 10. The van der Waals surface area contributed by atoms with Gasteiger partial charge in [-0.3, -0.25) is 52.9 Å². The van der Waals surface area contributed by atoms with E-state index in [2.05, 4.69) is 62.8 Å². The molecule has 0 aliphatic heterocycles. The van der Waals surface area contributed by atoms with E-state index in [9.17, 15) is 53.1 Å². The number of primary amides is 1. The Bertz CT molecular complexity index is 3790. The molecule has 2 aromatic heterocycles. The molecule has 10 amide bonds. The van der Waals surface area contributed by atoms with Gasteiger partial charge < -0.3 is 103 Å². The lowest BCUT2D eigenvalue weighted by Gasteiger charge is -2.30. The largest absolute Gasteiger partial charge is 0.391 e. The summed E-state index contributed by atoms with van der Waals surface area (Å²) in [6.07, 6.45) is 5.02. The molecule has 0 fully saturated rings. The van der Waals surface area contributed by atoms with Crippen LogP contribution in [0.15, 0.2) is 127 Å². The van der Waals surface area contributed by atoms with E-state index in [0.29, 0.717) is 80.2 Å². The number of unbranched alkanes of at least 4 members (excludes halogenated alkanes) is 3. The molecule has 0 aliphatic carbocycles. The summed E-state index contributed by atoms with van der Waals surface area (Å²) < 4.78 is 0. The molecule has 0 unspecified atom stereocenters. The highest BCUT2D eigenvalue weighted by Crippen LogP contribution is 2.22. The number of fused-ring (bicyclic) bond motifs is 2. The van der Waals surface area contributed by atoms with Crippen molar-refractivity contribution in [3.05, 3.63) is 144 Å². The van der Waals surface area contributed by atoms with Crippen LogP contribution in [-0.4, -0.2) is 173 Å². The molecule has 30 nitrogen and oxygen atoms in total. The van der Waals surface area contributed by atoms with Crippen LogP contribution in [0.1, 0.15) is 120 Å². The highest BCUT2D eigenvalue weighted by molar-refractivity contribution is 5.99. The number of nitrogens with one attached hydrogen (secondary N) is 11. The zero-order chi connectivity index (χ0) is 75.7. The molecule has 0 spiro atoms. The van der Waals surface area contributed by atoms with Crippen molar-refractivity contribution in [3.63, 3.8) is 0 Å². The lowest BCUT2D eigenvalue weighted by Crippen LogP contribution is -2.62. The van der Waals surface area contributed by atoms with E-state index in [1.165, 1.54) is 6.92 Å². The number of aromatic nitrogens is 2. The lowest BCUT2D eigenvalue weighted by molar-refractivity contribution is -0.137. The molecule has 6 aromatic rings. The predicted octanol–water partition coefficient (Wildman–Crippen LogP) is -0.0369. The summed E-state index contributed by atoms with van der Waals surface area (Å²) in [4.78, 5) is 155. The topological polar surface area (TPSA) is 525 Å². The third-order valence-electron chi connectivity index (χ3n) is 18.2. The van der Waals surface area contributed by atoms with Gasteiger partial charge in [0.25, 0.3) is 0 Å². The standard InChI is InChI=1S/C74H107N19O11/c1-4-44(2)62(72(103)87-56(32-17-20-36-77)68(99)93-63(45(3)94)73(104)91-60(39-47-24-9-6-10-25-47)70(101)88-58(64(79)95)40-48-42-83-53-29-13-11-26-50(48)53)92-67(98)57(33-21-37-82-74(80)81)85-66(97)55(31-16-19-35-76)86-69(100)59(38-46-22-7-5-8-23-46)90-71(102)61(89-65(96)52(78)28-15-18-34-75)41-49-43-84-54-30-14-12-27-51(49)54/h5-14,22-27,29-30,42-45,52,55-63,83-84,94H,4,15-21,28,31-41,75-78H2,1-3H3,(H2,79,95)(H,85,97)(H,86,100)(H,87,103)(H,88,101)(H,89,96)(H,90,102)(H,91,104)(H,92,98)(H,93,99)(H4,80,81,82)/t44-,45+,52-,55-,56-,57-,58-,59-,60-,61-,62-,63-/m0/s1. The van der Waals surface area contributed by atoms with E-state index in [-0.39, 0.29) is 77.0 Å². The average Bonchev–Trinajstić information content (AvgIpc) is 1.74. The molecule has 0 aliphatic rings. The van der Waals surface area contributed by atoms with Crippen LogP contribution in [0.4, 0.5) is 0 Å². The Hall–Kier alpha value is -10.3. The van der Waals surface area contributed by atoms with Crippen molar-refractivity contribution in [3.8, 4) is 0 Å². The van der Waals surface area contributed by atoms with Crippen molar-refractivity contribution in [1.82, 2.24) is 57.8 Å². The number of nitrogens with zero attached hydrogens (tertiary/aromatic N) is 1. The zero-order valence-electron chi connectivity index (χ0n) is 59.6. The number of aromatic amines is 2. The first-order valence-electron chi connectivity index (χ1n) is 35.7. The fraction of sp³-hybridized carbons (Fsp3) is 0.473. The monoisotopic (exact) mass is 1440 g/mol. The van der Waals surface area contributed by atoms with Gasteiger partial charge in [0.05, 0.1) is 12.1 Å². The average molecular weight is 1440 g/mol. The number of rotatable bonds is 46. The number of nitrogens with two attached hydrogens (primary N) is 7. The molecule has 4 aromatic carbocycles. The number of aliphatic imine (C=N–C) groups is 1. The third-order valence-corrected chi connectivity index (χ3v) is 18.2. The van der Waals surface area contributed by atoms with Gasteiger partial charge in [-0.05, 0) is 131 Å². The van der Waals surface area contributed by atoms with E-state index in [1.807, 2.05) is 48.5 Å². The normalized spacial score (nSPS) is 14.8. The van der Waals surface area contributed by atoms with E-state index < -0.39 is 132 Å². The molecule has 12 atom stereocenters. The highest BCUT2D eigenvalue weighted by atomic mass is 16.3. The van der Waals surface area contributed by atoms with Crippen LogP contribution in [0.3, 0.4) is 0 Å². The maximum absolute atomic E-state index is 14.9. The number of carbonyl (C=O) groups excluding carboxylic acids is 10. The molecule has 26 N–H and O–H groups in total. The van der Waals surface area contributed by atoms with Crippen molar-refractivity contribution in [1.29, 1.82) is 0 Å². The highest BCUT2D eigenvalue weighted by Gasteiger charge is 2.38. The first-order valence-corrected chi connectivity index (χ1v) is 35.7. The van der Waals surface area contributed by atoms with Crippen LogP contribution in [0, 0.1) is 5.92 Å². The molecule has 104 heavy (non-hydrogen) atoms. The van der Waals surface area contributed by atoms with Gasteiger partial charge in [0.1, 0.15) is 54.4 Å². The summed E-state index contributed by atoms with van der Waals surface area (Å²) in [5.74, 6) is -8.93. The van der Waals surface area contributed by atoms with E-state index >= 15 is 0 Å². The summed E-state index contributed by atoms with van der Waals surface area (Å²) in [7, 11) is 0. The Balaban J connectivity index is 1.23. The number of aliphatic hydroxyl groups excluding tert-OH is 1. The molecule has 0 radical (unpaired) electrons. The summed E-state index contributed by atoms with van der Waals surface area (Å²) in [6, 6.07) is 18.9. The van der Waals surface area contributed by atoms with E-state index in [1.54, 1.807) is 86.9 Å². The van der Waals surface area contributed by atoms with Crippen molar-refractivity contribution >= 4 is 86.8 Å². The number of hydrogen-bond donors (Lipinski definition) is 19. The summed E-state index contributed by atoms with van der Waals surface area (Å²) in [5, 5.41) is 37.6. The maximum Gasteiger partial charge on any atom is 0.245 e. The first kappa shape index (κ1) is 82.7. The molecular formula is C74H107N19O11. The summed E-state index contributed by atoms with van der Waals surface area (Å²) >= 11 is 0. The van der Waals surface area contributed by atoms with Gasteiger partial charge in [-0.1, -0.05) is 124 Å². The van der Waals surface area contributed by atoms with Crippen LogP contribution in [0.25, 0.3) is 21.8 Å². The molecule has 0 saturated carbocycles. The SMILES string of the molecule is CC[C@H](C)[C@H](NC(=O)[C@H](CCCN=C(N)N)NC(=O)[C@H](CCCCN)NC(=O)[C@H](Cc1ccccc1)NC(=O)[C@H](Cc1c[nH]c2ccccc12)NC(=O)[C@@H](N)CCCCN)C(=O)N[C@@H](CCCCN)C(=O)N[C@H](C(=O)N[C@@H](Cc1ccccc1)C(=O)N[C@@H](Cc1c[nH]c2ccccc12)C(N)=O)[C@@H](C)O. The zero-order valence-corrected chi connectivity index (χ0v) is 59.6. The Morgan fingerprint density at radius 2 is 0.769 bits per heavy atom. The number of H-pyrrole nitrogens is 2. The van der Waals surface area contributed by atoms with Crippen molar-refractivity contribution in [2.24, 2.45) is 51.0 Å². The minimum Gasteiger partial charge on any atom is -0.391 e. The van der Waals surface area contributed by atoms with Crippen molar-refractivity contribution < 1.29 is 53.1 Å². The van der Waals surface area contributed by atoms with Gasteiger partial charge in [-0.2, -0.15) is 0 Å². The number of benzene rings is 4. The first-order chi connectivity index (χ1) is 49.9. The number of carbonyl (C=O) groups is 10. The summed E-state index contributed by atoms with van der Waals surface area (Å²) in [5.41, 5.74) is 45.3. The second-order valence-corrected chi connectivity index (χ2v) is 26.3. The van der Waals surface area contributed by atoms with Crippen molar-refractivity contribution in [2.75, 3.05) is 26.2 Å². The molecule has 0 saturated heterocycles. The fourth-order valence-electron chi connectivity index (χ4n) is 12.0. The van der Waals surface area contributed by atoms with Crippen LogP contribution < -0.4 is 88.0 Å². The second-order valence-electron chi connectivity index (χ2n) is 26.3.